The normalized spacial score (nSPS) is 45.2. The number of ether oxygens (including phenoxy) is 3. The Morgan fingerprint density at radius 2 is 1.93 bits per heavy atom. The Balaban J connectivity index is 1.82. The second-order valence-electron chi connectivity index (χ2n) is 10.1. The maximum absolute atomic E-state index is 13.4. The molecule has 5 rings (SSSR count). The lowest BCUT2D eigenvalue weighted by Crippen LogP contribution is -2.66. The highest BCUT2D eigenvalue weighted by Gasteiger charge is 2.82. The van der Waals surface area contributed by atoms with E-state index in [9.17, 15) is 9.90 Å². The lowest BCUT2D eigenvalue weighted by Gasteiger charge is -2.55. The number of carbonyl (C=O) groups is 1. The van der Waals surface area contributed by atoms with Gasteiger partial charge in [0.2, 0.25) is 5.79 Å². The van der Waals surface area contributed by atoms with Crippen LogP contribution in [-0.2, 0) is 20.1 Å². The van der Waals surface area contributed by atoms with Gasteiger partial charge in [0.25, 0.3) is 0 Å². The van der Waals surface area contributed by atoms with E-state index in [0.717, 1.165) is 25.7 Å². The van der Waals surface area contributed by atoms with Gasteiger partial charge in [-0.05, 0) is 56.1 Å². The van der Waals surface area contributed by atoms with Crippen molar-refractivity contribution >= 4 is 5.97 Å². The molecule has 0 unspecified atom stereocenters. The Bertz CT molecular complexity index is 849. The summed E-state index contributed by atoms with van der Waals surface area (Å²) >= 11 is 0. The average molecular weight is 386 g/mol. The van der Waals surface area contributed by atoms with Gasteiger partial charge in [-0.3, -0.25) is 4.79 Å². The molecular weight excluding hydrogens is 356 g/mol. The van der Waals surface area contributed by atoms with Crippen LogP contribution in [0.4, 0.5) is 0 Å². The fourth-order valence-corrected chi connectivity index (χ4v) is 7.16. The number of fused-ring (bicyclic) bond motifs is 2. The molecule has 0 amide bonds. The maximum Gasteiger partial charge on any atom is 0.321 e. The van der Waals surface area contributed by atoms with Crippen LogP contribution in [0.5, 0.6) is 5.75 Å². The van der Waals surface area contributed by atoms with Crippen molar-refractivity contribution in [3.63, 3.8) is 0 Å². The number of hydrogen-bond acceptors (Lipinski definition) is 5. The quantitative estimate of drug-likeness (QED) is 0.741. The van der Waals surface area contributed by atoms with Gasteiger partial charge in [-0.25, -0.2) is 0 Å². The highest BCUT2D eigenvalue weighted by atomic mass is 16.7. The molecule has 5 atom stereocenters. The molecule has 2 aliphatic carbocycles. The highest BCUT2D eigenvalue weighted by Crippen LogP contribution is 2.73. The number of methoxy groups -OCH3 is 1. The number of esters is 1. The molecule has 152 valence electrons. The number of rotatable bonds is 1. The summed E-state index contributed by atoms with van der Waals surface area (Å²) in [6, 6.07) is 7.41. The molecule has 28 heavy (non-hydrogen) atoms. The van der Waals surface area contributed by atoms with Gasteiger partial charge in [0, 0.05) is 6.42 Å². The Labute approximate surface area is 166 Å². The minimum Gasteiger partial charge on any atom is -0.486 e. The third-order valence-corrected chi connectivity index (χ3v) is 8.43. The third-order valence-electron chi connectivity index (χ3n) is 8.43. The van der Waals surface area contributed by atoms with Crippen LogP contribution < -0.4 is 4.74 Å². The van der Waals surface area contributed by atoms with Crippen molar-refractivity contribution in [3.8, 4) is 5.75 Å². The first-order valence-corrected chi connectivity index (χ1v) is 10.4. The van der Waals surface area contributed by atoms with Crippen molar-refractivity contribution in [3.05, 3.63) is 29.8 Å². The molecule has 1 aromatic carbocycles. The first-order chi connectivity index (χ1) is 13.1. The predicted octanol–water partition coefficient (Wildman–Crippen LogP) is 3.92. The predicted molar refractivity (Wildman–Crippen MR) is 103 cm³/mol. The van der Waals surface area contributed by atoms with Gasteiger partial charge in [0.15, 0.2) is 5.41 Å². The van der Waals surface area contributed by atoms with E-state index in [0.29, 0.717) is 24.2 Å². The van der Waals surface area contributed by atoms with Gasteiger partial charge in [-0.2, -0.15) is 0 Å². The van der Waals surface area contributed by atoms with Gasteiger partial charge >= 0.3 is 5.97 Å². The lowest BCUT2D eigenvalue weighted by molar-refractivity contribution is -0.325. The number of benzene rings is 1. The zero-order valence-electron chi connectivity index (χ0n) is 17.2. The summed E-state index contributed by atoms with van der Waals surface area (Å²) in [6.07, 6.45) is 5.01. The molecule has 2 saturated carbocycles. The maximum atomic E-state index is 13.4. The number of para-hydroxylation sites is 1. The number of hydrogen-bond donors (Lipinski definition) is 1. The van der Waals surface area contributed by atoms with E-state index in [4.69, 9.17) is 14.2 Å². The molecule has 1 N–H and O–H groups in total. The first-order valence-electron chi connectivity index (χ1n) is 10.4. The van der Waals surface area contributed by atoms with Crippen LogP contribution in [0.25, 0.3) is 0 Å². The second kappa shape index (κ2) is 5.31. The van der Waals surface area contributed by atoms with Crippen LogP contribution in [0.15, 0.2) is 24.3 Å². The molecule has 5 heteroatoms. The van der Waals surface area contributed by atoms with Crippen molar-refractivity contribution in [2.24, 2.45) is 16.7 Å². The smallest absolute Gasteiger partial charge is 0.321 e. The molecule has 0 aromatic heterocycles. The third kappa shape index (κ3) is 1.88. The van der Waals surface area contributed by atoms with Crippen LogP contribution in [0.2, 0.25) is 0 Å². The summed E-state index contributed by atoms with van der Waals surface area (Å²) < 4.78 is 18.6. The van der Waals surface area contributed by atoms with Gasteiger partial charge < -0.3 is 19.3 Å². The molecule has 5 nitrogen and oxygen atoms in total. The Hall–Kier alpha value is -1.59. The SMILES string of the molecule is COC(=O)[C@@]12C[C@@]34CCCC(C)(C)[C@H]3CC[C@]1(C)Oc1ccccc1[C@]2(O)O4. The van der Waals surface area contributed by atoms with E-state index in [1.807, 2.05) is 31.2 Å². The monoisotopic (exact) mass is 386 g/mol. The van der Waals surface area contributed by atoms with Gasteiger partial charge in [0.1, 0.15) is 11.4 Å². The van der Waals surface area contributed by atoms with E-state index >= 15 is 0 Å². The summed E-state index contributed by atoms with van der Waals surface area (Å²) in [5.74, 6) is -1.34. The summed E-state index contributed by atoms with van der Waals surface area (Å²) in [7, 11) is 1.39. The van der Waals surface area contributed by atoms with Crippen LogP contribution >= 0.6 is 0 Å². The van der Waals surface area contributed by atoms with Crippen LogP contribution in [0.1, 0.15) is 64.9 Å². The van der Waals surface area contributed by atoms with Crippen molar-refractivity contribution in [1.29, 1.82) is 0 Å². The summed E-state index contributed by atoms with van der Waals surface area (Å²) in [5.41, 5.74) is -2.12. The first kappa shape index (κ1) is 18.4. The molecular formula is C23H30O5. The molecule has 1 saturated heterocycles. The van der Waals surface area contributed by atoms with Gasteiger partial charge in [0.05, 0.1) is 18.3 Å². The zero-order valence-corrected chi connectivity index (χ0v) is 17.2. The zero-order chi connectivity index (χ0) is 20.0. The van der Waals surface area contributed by atoms with Gasteiger partial charge in [-0.1, -0.05) is 32.4 Å². The standard InChI is InChI=1S/C23H30O5/c1-19(2)11-7-12-21-14-22(18(24)26-4)20(3,13-10-17(19)21)27-16-9-6-5-8-15(16)23(22,25)28-21/h5-6,8-9,17,25H,7,10-14H2,1-4H3/t17-,20+,21+,22+,23+/m1/s1. The fourth-order valence-electron chi connectivity index (χ4n) is 7.16. The molecule has 3 fully saturated rings. The fraction of sp³-hybridized carbons (Fsp3) is 0.696. The molecule has 2 bridgehead atoms. The van der Waals surface area contributed by atoms with E-state index in [-0.39, 0.29) is 11.3 Å². The molecule has 0 radical (unpaired) electrons. The van der Waals surface area contributed by atoms with Crippen molar-refractivity contribution < 1.29 is 24.1 Å². The minimum absolute atomic E-state index is 0.0787. The lowest BCUT2D eigenvalue weighted by atomic mass is 9.57. The van der Waals surface area contributed by atoms with E-state index < -0.39 is 28.4 Å². The molecule has 1 spiro atoms. The Kier molecular flexibility index (Phi) is 3.50. The number of aliphatic hydroxyl groups is 1. The largest absolute Gasteiger partial charge is 0.486 e. The highest BCUT2D eigenvalue weighted by molar-refractivity contribution is 5.82. The van der Waals surface area contributed by atoms with E-state index in [1.165, 1.54) is 7.11 Å². The molecule has 4 aliphatic rings. The van der Waals surface area contributed by atoms with Gasteiger partial charge in [-0.15, -0.1) is 0 Å². The minimum atomic E-state index is -1.75. The molecule has 2 aliphatic heterocycles. The number of carbonyl (C=O) groups excluding carboxylic acids is 1. The topological polar surface area (TPSA) is 65.0 Å². The van der Waals surface area contributed by atoms with Crippen LogP contribution in [0.3, 0.4) is 0 Å². The summed E-state index contributed by atoms with van der Waals surface area (Å²) in [6.45, 7) is 6.54. The second-order valence-corrected chi connectivity index (χ2v) is 10.1. The van der Waals surface area contributed by atoms with Crippen LogP contribution in [0, 0.1) is 16.7 Å². The van der Waals surface area contributed by atoms with E-state index in [1.54, 1.807) is 0 Å². The average Bonchev–Trinajstić information content (AvgIpc) is 2.84. The summed E-state index contributed by atoms with van der Waals surface area (Å²) in [5, 5.41) is 12.2. The Morgan fingerprint density at radius 1 is 1.18 bits per heavy atom. The Morgan fingerprint density at radius 3 is 2.68 bits per heavy atom. The summed E-state index contributed by atoms with van der Waals surface area (Å²) in [4.78, 5) is 13.4. The van der Waals surface area contributed by atoms with E-state index in [2.05, 4.69) is 13.8 Å². The molecule has 1 aromatic rings. The van der Waals surface area contributed by atoms with Crippen molar-refractivity contribution in [2.75, 3.05) is 7.11 Å². The van der Waals surface area contributed by atoms with Crippen LogP contribution in [-0.4, -0.2) is 29.4 Å². The van der Waals surface area contributed by atoms with Crippen molar-refractivity contribution in [2.45, 2.75) is 76.3 Å². The van der Waals surface area contributed by atoms with Crippen molar-refractivity contribution in [1.82, 2.24) is 0 Å². The molecule has 2 heterocycles.